The molecule has 4 N–H and O–H groups in total. The number of benzene rings is 2. The van der Waals surface area contributed by atoms with Crippen LogP contribution in [0, 0.1) is 11.3 Å². The van der Waals surface area contributed by atoms with E-state index in [-0.39, 0.29) is 18.6 Å². The molecule has 6 nitrogen and oxygen atoms in total. The normalized spacial score (nSPS) is 20.8. The maximum absolute atomic E-state index is 13.6. The Morgan fingerprint density at radius 1 is 1.15 bits per heavy atom. The maximum Gasteiger partial charge on any atom is 0.417 e. The number of nitrogens with zero attached hydrogens (tertiary/aromatic N) is 1. The Labute approximate surface area is 184 Å². The molecule has 1 aliphatic rings. The molecule has 176 valence electrons. The van der Waals surface area contributed by atoms with Crippen LogP contribution in [0.25, 0.3) is 0 Å². The second-order valence-corrected chi connectivity index (χ2v) is 7.46. The number of carbonyl (C=O) groups excluding carboxylic acids is 1. The zero-order chi connectivity index (χ0) is 24.4. The van der Waals surface area contributed by atoms with Gasteiger partial charge in [0.25, 0.3) is 0 Å². The van der Waals surface area contributed by atoms with Crippen LogP contribution in [0.2, 0.25) is 0 Å². The lowest BCUT2D eigenvalue weighted by Gasteiger charge is -2.23. The van der Waals surface area contributed by atoms with E-state index in [4.69, 9.17) is 15.7 Å². The molecule has 1 aliphatic heterocycles. The first kappa shape index (κ1) is 24.2. The van der Waals surface area contributed by atoms with Crippen molar-refractivity contribution in [3.05, 3.63) is 59.2 Å². The monoisotopic (exact) mass is 472 g/mol. The van der Waals surface area contributed by atoms with Gasteiger partial charge in [0.15, 0.2) is 0 Å². The molecule has 3 rings (SSSR count). The zero-order valence-electron chi connectivity index (χ0n) is 16.8. The van der Waals surface area contributed by atoms with E-state index in [0.29, 0.717) is 17.5 Å². The van der Waals surface area contributed by atoms with Gasteiger partial charge >= 0.3 is 18.4 Å². The van der Waals surface area contributed by atoms with Crippen LogP contribution in [-0.2, 0) is 6.18 Å². The van der Waals surface area contributed by atoms with Gasteiger partial charge in [-0.25, -0.2) is 4.79 Å². The van der Waals surface area contributed by atoms with E-state index in [9.17, 15) is 31.1 Å². The first-order valence-electron chi connectivity index (χ1n) is 9.62. The third-order valence-corrected chi connectivity index (χ3v) is 5.18. The van der Waals surface area contributed by atoms with Gasteiger partial charge in [0.05, 0.1) is 17.2 Å². The van der Waals surface area contributed by atoms with Gasteiger partial charge in [-0.05, 0) is 48.4 Å². The van der Waals surface area contributed by atoms with Crippen molar-refractivity contribution in [2.75, 3.05) is 11.9 Å². The van der Waals surface area contributed by atoms with Crippen LogP contribution in [-0.4, -0.2) is 30.9 Å². The minimum absolute atomic E-state index is 0.130. The second-order valence-electron chi connectivity index (χ2n) is 7.46. The van der Waals surface area contributed by atoms with E-state index >= 15 is 0 Å². The van der Waals surface area contributed by atoms with E-state index in [1.54, 1.807) is 0 Å². The molecule has 1 saturated heterocycles. The Kier molecular flexibility index (Phi) is 6.73. The minimum atomic E-state index is -4.88. The molecule has 0 spiro atoms. The SMILES string of the molecule is N#Cc1ccc(C2C[C@@H](COc3ccc(NC(N)=O)cc3)N[C@H]2C(F)(F)F)cc1C(F)(F)F. The van der Waals surface area contributed by atoms with Crippen LogP contribution < -0.4 is 21.1 Å². The summed E-state index contributed by atoms with van der Waals surface area (Å²) in [5, 5.41) is 13.7. The third kappa shape index (κ3) is 5.87. The average molecular weight is 472 g/mol. The van der Waals surface area contributed by atoms with Crippen molar-refractivity contribution >= 4 is 11.7 Å². The predicted octanol–water partition coefficient (Wildman–Crippen LogP) is 4.52. The topological polar surface area (TPSA) is 100 Å². The van der Waals surface area contributed by atoms with E-state index in [1.807, 2.05) is 0 Å². The van der Waals surface area contributed by atoms with Crippen molar-refractivity contribution < 1.29 is 35.9 Å². The summed E-state index contributed by atoms with van der Waals surface area (Å²) < 4.78 is 86.3. The molecule has 2 aromatic carbocycles. The molecule has 0 bridgehead atoms. The number of alkyl halides is 6. The summed E-state index contributed by atoms with van der Waals surface area (Å²) in [6.45, 7) is -0.173. The lowest BCUT2D eigenvalue weighted by Crippen LogP contribution is -2.44. The van der Waals surface area contributed by atoms with Crippen molar-refractivity contribution in [3.63, 3.8) is 0 Å². The van der Waals surface area contributed by atoms with E-state index in [1.165, 1.54) is 30.3 Å². The number of primary amides is 1. The summed E-state index contributed by atoms with van der Waals surface area (Å²) in [7, 11) is 0. The molecule has 2 aromatic rings. The molecule has 2 amide bonds. The number of nitriles is 1. The highest BCUT2D eigenvalue weighted by atomic mass is 19.4. The number of carbonyl (C=O) groups is 1. The molecule has 1 heterocycles. The largest absolute Gasteiger partial charge is 0.492 e. The zero-order valence-corrected chi connectivity index (χ0v) is 16.8. The van der Waals surface area contributed by atoms with Crippen LogP contribution in [0.3, 0.4) is 0 Å². The van der Waals surface area contributed by atoms with Gasteiger partial charge in [-0.1, -0.05) is 6.07 Å². The summed E-state index contributed by atoms with van der Waals surface area (Å²) in [6, 6.07) is 6.32. The summed E-state index contributed by atoms with van der Waals surface area (Å²) in [4.78, 5) is 10.8. The van der Waals surface area contributed by atoms with Crippen molar-refractivity contribution in [1.82, 2.24) is 5.32 Å². The number of ether oxygens (including phenoxy) is 1. The van der Waals surface area contributed by atoms with Crippen LogP contribution in [0.5, 0.6) is 5.75 Å². The van der Waals surface area contributed by atoms with Crippen molar-refractivity contribution in [1.29, 1.82) is 5.26 Å². The van der Waals surface area contributed by atoms with Crippen LogP contribution in [0.1, 0.15) is 29.0 Å². The van der Waals surface area contributed by atoms with Gasteiger partial charge in [-0.3, -0.25) is 5.32 Å². The minimum Gasteiger partial charge on any atom is -0.492 e. The van der Waals surface area contributed by atoms with Crippen molar-refractivity contribution in [3.8, 4) is 11.8 Å². The Hall–Kier alpha value is -3.46. The molecule has 3 atom stereocenters. The summed E-state index contributed by atoms with van der Waals surface area (Å²) in [6.07, 6.45) is -9.72. The molecule has 33 heavy (non-hydrogen) atoms. The highest BCUT2D eigenvalue weighted by Gasteiger charge is 2.51. The Morgan fingerprint density at radius 3 is 2.36 bits per heavy atom. The van der Waals surface area contributed by atoms with Crippen molar-refractivity contribution in [2.45, 2.75) is 36.8 Å². The molecule has 1 unspecified atom stereocenters. The number of hydrogen-bond donors (Lipinski definition) is 3. The summed E-state index contributed by atoms with van der Waals surface area (Å²) in [5.41, 5.74) is 3.30. The van der Waals surface area contributed by atoms with Crippen molar-refractivity contribution in [2.24, 2.45) is 5.73 Å². The Bertz CT molecular complexity index is 1050. The standard InChI is InChI=1S/C21H18F6N4O2/c22-20(23,24)17-7-11(1-2-12(17)9-28)16-8-14(30-18(16)21(25,26)27)10-33-15-5-3-13(4-6-15)31-19(29)32/h1-7,14,16,18,30H,8,10H2,(H3,29,31,32)/t14-,16?,18+/m0/s1. The second kappa shape index (κ2) is 9.19. The fourth-order valence-corrected chi connectivity index (χ4v) is 3.75. The quantitative estimate of drug-likeness (QED) is 0.557. The number of hydrogen-bond acceptors (Lipinski definition) is 4. The molecular formula is C21H18F6N4O2. The highest BCUT2D eigenvalue weighted by molar-refractivity contribution is 5.87. The highest BCUT2D eigenvalue weighted by Crippen LogP contribution is 2.42. The number of nitrogens with two attached hydrogens (primary N) is 1. The smallest absolute Gasteiger partial charge is 0.417 e. The molecule has 1 fully saturated rings. The molecular weight excluding hydrogens is 454 g/mol. The number of halogens is 6. The fourth-order valence-electron chi connectivity index (χ4n) is 3.75. The Balaban J connectivity index is 1.77. The fraction of sp³-hybridized carbons (Fsp3) is 0.333. The van der Waals surface area contributed by atoms with Crippen LogP contribution in [0.4, 0.5) is 36.8 Å². The first-order valence-corrected chi connectivity index (χ1v) is 9.62. The van der Waals surface area contributed by atoms with Crippen LogP contribution in [0.15, 0.2) is 42.5 Å². The number of amides is 2. The van der Waals surface area contributed by atoms with E-state index < -0.39 is 47.5 Å². The number of urea groups is 1. The average Bonchev–Trinajstić information content (AvgIpc) is 3.17. The lowest BCUT2D eigenvalue weighted by molar-refractivity contribution is -0.156. The predicted molar refractivity (Wildman–Crippen MR) is 105 cm³/mol. The first-order chi connectivity index (χ1) is 15.4. The molecule has 0 aromatic heterocycles. The number of rotatable bonds is 5. The summed E-state index contributed by atoms with van der Waals surface area (Å²) in [5.74, 6) is -0.980. The van der Waals surface area contributed by atoms with E-state index in [2.05, 4.69) is 10.6 Å². The van der Waals surface area contributed by atoms with Crippen LogP contribution >= 0.6 is 0 Å². The van der Waals surface area contributed by atoms with E-state index in [0.717, 1.165) is 12.1 Å². The maximum atomic E-state index is 13.6. The Morgan fingerprint density at radius 2 is 1.82 bits per heavy atom. The lowest BCUT2D eigenvalue weighted by atomic mass is 9.88. The number of anilines is 1. The third-order valence-electron chi connectivity index (χ3n) is 5.18. The molecule has 0 aliphatic carbocycles. The number of nitrogens with one attached hydrogen (secondary N) is 2. The van der Waals surface area contributed by atoms with Gasteiger partial charge < -0.3 is 15.8 Å². The van der Waals surface area contributed by atoms with Gasteiger partial charge in [-0.15, -0.1) is 0 Å². The van der Waals surface area contributed by atoms with Gasteiger partial charge in [0, 0.05) is 17.6 Å². The summed E-state index contributed by atoms with van der Waals surface area (Å²) >= 11 is 0. The molecule has 0 saturated carbocycles. The molecule has 12 heteroatoms. The van der Waals surface area contributed by atoms with Gasteiger partial charge in [0.1, 0.15) is 18.4 Å². The molecule has 0 radical (unpaired) electrons. The van der Waals surface area contributed by atoms with Gasteiger partial charge in [-0.2, -0.15) is 31.6 Å². The van der Waals surface area contributed by atoms with Gasteiger partial charge in [0.2, 0.25) is 0 Å².